The van der Waals surface area contributed by atoms with E-state index in [-0.39, 0.29) is 5.91 Å². The van der Waals surface area contributed by atoms with Crippen molar-refractivity contribution < 1.29 is 9.53 Å². The van der Waals surface area contributed by atoms with E-state index in [1.54, 1.807) is 7.11 Å². The van der Waals surface area contributed by atoms with Crippen molar-refractivity contribution in [3.8, 4) is 5.75 Å². The number of rotatable bonds is 6. The van der Waals surface area contributed by atoms with Crippen LogP contribution in [-0.2, 0) is 6.42 Å². The average molecular weight is 448 g/mol. The van der Waals surface area contributed by atoms with E-state index in [1.165, 1.54) is 16.9 Å². The molecule has 2 N–H and O–H groups in total. The van der Waals surface area contributed by atoms with Crippen molar-refractivity contribution in [2.45, 2.75) is 6.42 Å². The smallest absolute Gasteiger partial charge is 0.264 e. The van der Waals surface area contributed by atoms with Crippen molar-refractivity contribution in [2.24, 2.45) is 0 Å². The standard InChI is InChI=1S/C24H25N5O2S/c1-31-18-5-2-16(3-6-18)8-9-26-24-27-15-17-4-7-20-19(22(17)28-24)14-21(32-20)23(30)29-12-10-25-11-13-29/h2-7,14-15,25H,8-13H2,1H3,(H,26,27,28). The predicted octanol–water partition coefficient (Wildman–Crippen LogP) is 3.55. The molecule has 3 heterocycles. The number of anilines is 1. The number of ether oxygens (including phenoxy) is 1. The number of benzene rings is 2. The summed E-state index contributed by atoms with van der Waals surface area (Å²) in [6, 6.07) is 14.1. The molecule has 8 heteroatoms. The van der Waals surface area contributed by atoms with Gasteiger partial charge in [-0.2, -0.15) is 0 Å². The molecule has 1 aliphatic rings. The van der Waals surface area contributed by atoms with E-state index >= 15 is 0 Å². The second-order valence-electron chi connectivity index (χ2n) is 7.79. The molecule has 0 aliphatic carbocycles. The fraction of sp³-hybridized carbons (Fsp3) is 0.292. The Morgan fingerprint density at radius 3 is 2.78 bits per heavy atom. The summed E-state index contributed by atoms with van der Waals surface area (Å²) in [5, 5.41) is 8.59. The summed E-state index contributed by atoms with van der Waals surface area (Å²) >= 11 is 1.54. The Bertz CT molecular complexity index is 1250. The van der Waals surface area contributed by atoms with Gasteiger partial charge in [0, 0.05) is 54.4 Å². The van der Waals surface area contributed by atoms with Gasteiger partial charge in [0.05, 0.1) is 17.5 Å². The molecule has 0 bridgehead atoms. The van der Waals surface area contributed by atoms with Gasteiger partial charge in [0.2, 0.25) is 5.95 Å². The number of methoxy groups -OCH3 is 1. The van der Waals surface area contributed by atoms with E-state index < -0.39 is 0 Å². The molecule has 1 amide bonds. The highest BCUT2D eigenvalue weighted by Gasteiger charge is 2.20. The fourth-order valence-electron chi connectivity index (χ4n) is 3.93. The minimum absolute atomic E-state index is 0.104. The van der Waals surface area contributed by atoms with Gasteiger partial charge in [0.1, 0.15) is 5.75 Å². The molecular weight excluding hydrogens is 422 g/mol. The van der Waals surface area contributed by atoms with Gasteiger partial charge in [-0.3, -0.25) is 4.79 Å². The van der Waals surface area contributed by atoms with Crippen LogP contribution in [0.2, 0.25) is 0 Å². The largest absolute Gasteiger partial charge is 0.497 e. The normalized spacial score (nSPS) is 14.1. The average Bonchev–Trinajstić information content (AvgIpc) is 3.29. The Balaban J connectivity index is 1.35. The maximum Gasteiger partial charge on any atom is 0.264 e. The van der Waals surface area contributed by atoms with Crippen molar-refractivity contribution in [1.29, 1.82) is 0 Å². The molecule has 0 unspecified atom stereocenters. The molecule has 32 heavy (non-hydrogen) atoms. The Morgan fingerprint density at radius 2 is 2.00 bits per heavy atom. The molecule has 1 saturated heterocycles. The van der Waals surface area contributed by atoms with Crippen molar-refractivity contribution in [3.05, 3.63) is 59.1 Å². The van der Waals surface area contributed by atoms with Gasteiger partial charge in [-0.25, -0.2) is 9.97 Å². The molecule has 0 spiro atoms. The first-order valence-corrected chi connectivity index (χ1v) is 11.6. The van der Waals surface area contributed by atoms with Crippen LogP contribution in [0.3, 0.4) is 0 Å². The topological polar surface area (TPSA) is 79.4 Å². The van der Waals surface area contributed by atoms with E-state index in [9.17, 15) is 4.79 Å². The third-order valence-corrected chi connectivity index (χ3v) is 6.81. The summed E-state index contributed by atoms with van der Waals surface area (Å²) in [6.45, 7) is 3.91. The van der Waals surface area contributed by atoms with Crippen LogP contribution in [0, 0.1) is 0 Å². The molecule has 164 valence electrons. The van der Waals surface area contributed by atoms with Gasteiger partial charge in [0.15, 0.2) is 0 Å². The van der Waals surface area contributed by atoms with E-state index in [1.807, 2.05) is 35.4 Å². The van der Waals surface area contributed by atoms with Crippen LogP contribution in [0.25, 0.3) is 21.0 Å². The molecule has 0 radical (unpaired) electrons. The third kappa shape index (κ3) is 4.24. The lowest BCUT2D eigenvalue weighted by Crippen LogP contribution is -2.46. The van der Waals surface area contributed by atoms with Crippen molar-refractivity contribution >= 4 is 44.2 Å². The number of fused-ring (bicyclic) bond motifs is 3. The van der Waals surface area contributed by atoms with Crippen LogP contribution < -0.4 is 15.4 Å². The number of hydrogen-bond acceptors (Lipinski definition) is 7. The van der Waals surface area contributed by atoms with Gasteiger partial charge < -0.3 is 20.3 Å². The maximum atomic E-state index is 12.9. The summed E-state index contributed by atoms with van der Waals surface area (Å²) in [5.74, 6) is 1.56. The highest BCUT2D eigenvalue weighted by Crippen LogP contribution is 2.32. The van der Waals surface area contributed by atoms with Crippen molar-refractivity contribution in [1.82, 2.24) is 20.2 Å². The number of nitrogens with zero attached hydrogens (tertiary/aromatic N) is 3. The van der Waals surface area contributed by atoms with Crippen LogP contribution in [-0.4, -0.2) is 60.6 Å². The van der Waals surface area contributed by atoms with Crippen LogP contribution in [0.1, 0.15) is 15.2 Å². The number of thiophene rings is 1. The van der Waals surface area contributed by atoms with Crippen molar-refractivity contribution in [3.63, 3.8) is 0 Å². The highest BCUT2D eigenvalue weighted by molar-refractivity contribution is 7.21. The first-order valence-electron chi connectivity index (χ1n) is 10.8. The van der Waals surface area contributed by atoms with Gasteiger partial charge >= 0.3 is 0 Å². The Labute approximate surface area is 190 Å². The summed E-state index contributed by atoms with van der Waals surface area (Å²) in [5.41, 5.74) is 2.09. The molecule has 2 aromatic heterocycles. The zero-order chi connectivity index (χ0) is 21.9. The molecule has 7 nitrogen and oxygen atoms in total. The van der Waals surface area contributed by atoms with E-state index in [0.29, 0.717) is 5.95 Å². The number of carbonyl (C=O) groups excluding carboxylic acids is 1. The highest BCUT2D eigenvalue weighted by atomic mass is 32.1. The molecular formula is C24H25N5O2S. The number of hydrogen-bond donors (Lipinski definition) is 2. The summed E-state index contributed by atoms with van der Waals surface area (Å²) in [4.78, 5) is 24.9. The van der Waals surface area contributed by atoms with Gasteiger partial charge in [-0.1, -0.05) is 12.1 Å². The summed E-state index contributed by atoms with van der Waals surface area (Å²) in [6.07, 6.45) is 2.70. The number of piperazine rings is 1. The SMILES string of the molecule is COc1ccc(CCNc2ncc3ccc4sc(C(=O)N5CCNCC5)cc4c3n2)cc1. The Morgan fingerprint density at radius 1 is 1.19 bits per heavy atom. The van der Waals surface area contributed by atoms with E-state index in [4.69, 9.17) is 9.72 Å². The fourth-order valence-corrected chi connectivity index (χ4v) is 4.97. The first kappa shape index (κ1) is 20.7. The molecule has 1 aliphatic heterocycles. The number of carbonyl (C=O) groups is 1. The number of aromatic nitrogens is 2. The lowest BCUT2D eigenvalue weighted by Gasteiger charge is -2.26. The van der Waals surface area contributed by atoms with Crippen LogP contribution in [0.15, 0.2) is 48.7 Å². The molecule has 5 rings (SSSR count). The zero-order valence-electron chi connectivity index (χ0n) is 17.9. The summed E-state index contributed by atoms with van der Waals surface area (Å²) < 4.78 is 6.28. The Kier molecular flexibility index (Phi) is 5.87. The van der Waals surface area contributed by atoms with Crippen LogP contribution in [0.5, 0.6) is 5.75 Å². The Hall–Kier alpha value is -3.23. The van der Waals surface area contributed by atoms with E-state index in [0.717, 1.165) is 70.8 Å². The molecule has 2 aromatic carbocycles. The maximum absolute atomic E-state index is 12.9. The summed E-state index contributed by atoms with van der Waals surface area (Å²) in [7, 11) is 1.67. The second kappa shape index (κ2) is 9.10. The predicted molar refractivity (Wildman–Crippen MR) is 129 cm³/mol. The molecule has 4 aromatic rings. The number of amides is 1. The van der Waals surface area contributed by atoms with Gasteiger partial charge in [-0.15, -0.1) is 11.3 Å². The third-order valence-electron chi connectivity index (χ3n) is 5.72. The lowest BCUT2D eigenvalue weighted by molar-refractivity contribution is 0.0741. The van der Waals surface area contributed by atoms with Crippen molar-refractivity contribution in [2.75, 3.05) is 45.2 Å². The van der Waals surface area contributed by atoms with Gasteiger partial charge in [0.25, 0.3) is 5.91 Å². The van der Waals surface area contributed by atoms with Gasteiger partial charge in [-0.05, 0) is 42.3 Å². The second-order valence-corrected chi connectivity index (χ2v) is 8.87. The minimum atomic E-state index is 0.104. The number of nitrogens with one attached hydrogen (secondary N) is 2. The molecule has 0 atom stereocenters. The first-order chi connectivity index (χ1) is 15.7. The van der Waals surface area contributed by atoms with Crippen LogP contribution in [0.4, 0.5) is 5.95 Å². The van der Waals surface area contributed by atoms with Crippen LogP contribution >= 0.6 is 11.3 Å². The zero-order valence-corrected chi connectivity index (χ0v) is 18.7. The molecule has 1 fully saturated rings. The minimum Gasteiger partial charge on any atom is -0.497 e. The van der Waals surface area contributed by atoms with E-state index in [2.05, 4.69) is 33.8 Å². The monoisotopic (exact) mass is 447 g/mol. The molecule has 0 saturated carbocycles. The quantitative estimate of drug-likeness (QED) is 0.471. The lowest BCUT2D eigenvalue weighted by atomic mass is 10.1.